The Bertz CT molecular complexity index is 545. The predicted molar refractivity (Wildman–Crippen MR) is 74.6 cm³/mol. The van der Waals surface area contributed by atoms with Crippen LogP contribution in [0, 0.1) is 0 Å². The molecule has 1 N–H and O–H groups in total. The van der Waals surface area contributed by atoms with Crippen LogP contribution in [-0.2, 0) is 10.0 Å². The molecule has 1 aromatic rings. The van der Waals surface area contributed by atoms with E-state index in [0.717, 1.165) is 0 Å². The molecule has 7 heteroatoms. The van der Waals surface area contributed by atoms with Crippen molar-refractivity contribution in [2.45, 2.75) is 31.2 Å². The van der Waals surface area contributed by atoms with Crippen LogP contribution in [0.5, 0.6) is 11.5 Å². The van der Waals surface area contributed by atoms with E-state index in [-0.39, 0.29) is 22.4 Å². The summed E-state index contributed by atoms with van der Waals surface area (Å²) in [6.45, 7) is 3.68. The van der Waals surface area contributed by atoms with Gasteiger partial charge in [-0.25, -0.2) is 13.1 Å². The van der Waals surface area contributed by atoms with Crippen molar-refractivity contribution < 1.29 is 17.9 Å². The van der Waals surface area contributed by atoms with E-state index in [1.54, 1.807) is 6.92 Å². The average molecular weight is 308 g/mol. The molecule has 0 aromatic heterocycles. The van der Waals surface area contributed by atoms with Crippen LogP contribution in [0.1, 0.15) is 20.3 Å². The predicted octanol–water partition coefficient (Wildman–Crippen LogP) is 2.43. The Morgan fingerprint density at radius 2 is 1.84 bits per heavy atom. The Kier molecular flexibility index (Phi) is 5.46. The third-order valence-electron chi connectivity index (χ3n) is 2.70. The maximum absolute atomic E-state index is 12.3. The fraction of sp³-hybridized carbons (Fsp3) is 0.500. The van der Waals surface area contributed by atoms with Crippen molar-refractivity contribution >= 4 is 21.6 Å². The first-order valence-electron chi connectivity index (χ1n) is 5.79. The summed E-state index contributed by atoms with van der Waals surface area (Å²) >= 11 is 5.94. The van der Waals surface area contributed by atoms with E-state index in [9.17, 15) is 8.42 Å². The molecule has 0 bridgehead atoms. The molecule has 1 atom stereocenters. The number of rotatable bonds is 6. The largest absolute Gasteiger partial charge is 0.495 e. The normalized spacial score (nSPS) is 13.1. The van der Waals surface area contributed by atoms with Gasteiger partial charge >= 0.3 is 0 Å². The van der Waals surface area contributed by atoms with E-state index in [0.29, 0.717) is 11.4 Å². The number of methoxy groups -OCH3 is 2. The van der Waals surface area contributed by atoms with Crippen molar-refractivity contribution in [1.29, 1.82) is 0 Å². The van der Waals surface area contributed by atoms with E-state index >= 15 is 0 Å². The van der Waals surface area contributed by atoms with Crippen LogP contribution in [0.4, 0.5) is 0 Å². The molecule has 0 spiro atoms. The molecule has 0 fully saturated rings. The Balaban J connectivity index is 3.32. The number of nitrogens with one attached hydrogen (secondary N) is 1. The van der Waals surface area contributed by atoms with Gasteiger partial charge in [-0.15, -0.1) is 0 Å². The van der Waals surface area contributed by atoms with Gasteiger partial charge < -0.3 is 9.47 Å². The number of sulfonamides is 1. The van der Waals surface area contributed by atoms with Crippen LogP contribution >= 0.6 is 11.6 Å². The molecule has 1 aromatic carbocycles. The van der Waals surface area contributed by atoms with Gasteiger partial charge in [0.05, 0.1) is 19.2 Å². The van der Waals surface area contributed by atoms with Gasteiger partial charge in [-0.05, 0) is 13.3 Å². The molecule has 1 rings (SSSR count). The molecule has 0 aliphatic carbocycles. The van der Waals surface area contributed by atoms with Gasteiger partial charge in [0.25, 0.3) is 0 Å². The van der Waals surface area contributed by atoms with Crippen molar-refractivity contribution in [3.8, 4) is 11.5 Å². The highest BCUT2D eigenvalue weighted by atomic mass is 35.5. The second-order valence-corrected chi connectivity index (χ2v) is 6.16. The van der Waals surface area contributed by atoms with Crippen LogP contribution in [-0.4, -0.2) is 28.7 Å². The summed E-state index contributed by atoms with van der Waals surface area (Å²) in [4.78, 5) is 0.0107. The Morgan fingerprint density at radius 1 is 1.26 bits per heavy atom. The topological polar surface area (TPSA) is 64.6 Å². The van der Waals surface area contributed by atoms with Gasteiger partial charge in [0.1, 0.15) is 16.4 Å². The molecule has 0 aliphatic heterocycles. The lowest BCUT2D eigenvalue weighted by Gasteiger charge is -2.16. The van der Waals surface area contributed by atoms with Crippen molar-refractivity contribution in [2.75, 3.05) is 14.2 Å². The molecule has 0 heterocycles. The van der Waals surface area contributed by atoms with Gasteiger partial charge in [0.2, 0.25) is 10.0 Å². The lowest BCUT2D eigenvalue weighted by molar-refractivity contribution is 0.392. The molecule has 19 heavy (non-hydrogen) atoms. The quantitative estimate of drug-likeness (QED) is 0.876. The number of halogens is 1. The van der Waals surface area contributed by atoms with Crippen molar-refractivity contribution in [3.63, 3.8) is 0 Å². The van der Waals surface area contributed by atoms with E-state index in [2.05, 4.69) is 4.72 Å². The summed E-state index contributed by atoms with van der Waals surface area (Å²) in [5, 5.41) is 0.293. The van der Waals surface area contributed by atoms with E-state index in [1.807, 2.05) is 6.92 Å². The second-order valence-electron chi connectivity index (χ2n) is 4.07. The van der Waals surface area contributed by atoms with Crippen molar-refractivity contribution in [3.05, 3.63) is 17.2 Å². The zero-order valence-corrected chi connectivity index (χ0v) is 12.9. The standard InChI is InChI=1S/C12H18ClNO4S/c1-5-8(2)14-19(15,16)12-7-10(17-3)9(13)6-11(12)18-4/h6-8,14H,5H2,1-4H3/t8-/m0/s1. The van der Waals surface area contributed by atoms with E-state index in [4.69, 9.17) is 21.1 Å². The minimum Gasteiger partial charge on any atom is -0.495 e. The monoisotopic (exact) mass is 307 g/mol. The van der Waals surface area contributed by atoms with Crippen molar-refractivity contribution in [1.82, 2.24) is 4.72 Å². The van der Waals surface area contributed by atoms with Crippen LogP contribution in [0.25, 0.3) is 0 Å². The van der Waals surface area contributed by atoms with Gasteiger partial charge in [-0.1, -0.05) is 18.5 Å². The zero-order valence-electron chi connectivity index (χ0n) is 11.4. The summed E-state index contributed by atoms with van der Waals surface area (Å²) < 4.78 is 37.2. The summed E-state index contributed by atoms with van der Waals surface area (Å²) in [6.07, 6.45) is 0.687. The van der Waals surface area contributed by atoms with Gasteiger partial charge in [-0.3, -0.25) is 0 Å². The minimum absolute atomic E-state index is 0.0107. The molecular formula is C12H18ClNO4S. The SMILES string of the molecule is CC[C@H](C)NS(=O)(=O)c1cc(OC)c(Cl)cc1OC. The highest BCUT2D eigenvalue weighted by Crippen LogP contribution is 2.35. The zero-order chi connectivity index (χ0) is 14.6. The average Bonchev–Trinajstić information content (AvgIpc) is 2.37. The lowest BCUT2D eigenvalue weighted by Crippen LogP contribution is -2.32. The second kappa shape index (κ2) is 6.45. The Morgan fingerprint density at radius 3 is 2.32 bits per heavy atom. The van der Waals surface area contributed by atoms with Gasteiger partial charge in [0.15, 0.2) is 0 Å². The highest BCUT2D eigenvalue weighted by Gasteiger charge is 2.23. The molecular weight excluding hydrogens is 290 g/mol. The molecule has 0 radical (unpaired) electrons. The van der Waals surface area contributed by atoms with E-state index < -0.39 is 10.0 Å². The number of hydrogen-bond acceptors (Lipinski definition) is 4. The maximum atomic E-state index is 12.3. The van der Waals surface area contributed by atoms with Crippen LogP contribution in [0.15, 0.2) is 17.0 Å². The fourth-order valence-electron chi connectivity index (χ4n) is 1.45. The minimum atomic E-state index is -3.68. The van der Waals surface area contributed by atoms with E-state index in [1.165, 1.54) is 26.4 Å². The third kappa shape index (κ3) is 3.75. The first-order valence-corrected chi connectivity index (χ1v) is 7.65. The Labute approximate surface area is 118 Å². The number of ether oxygens (including phenoxy) is 2. The number of hydrogen-bond donors (Lipinski definition) is 1. The lowest BCUT2D eigenvalue weighted by atomic mass is 10.3. The summed E-state index contributed by atoms with van der Waals surface area (Å²) in [5.41, 5.74) is 0. The molecule has 0 saturated carbocycles. The van der Waals surface area contributed by atoms with Gasteiger partial charge in [-0.2, -0.15) is 0 Å². The van der Waals surface area contributed by atoms with Crippen LogP contribution in [0.3, 0.4) is 0 Å². The number of benzene rings is 1. The summed E-state index contributed by atoms with van der Waals surface area (Å²) in [6, 6.07) is 2.61. The van der Waals surface area contributed by atoms with Crippen LogP contribution < -0.4 is 14.2 Å². The maximum Gasteiger partial charge on any atom is 0.244 e. The third-order valence-corrected chi connectivity index (χ3v) is 4.60. The van der Waals surface area contributed by atoms with Crippen molar-refractivity contribution in [2.24, 2.45) is 0 Å². The molecule has 108 valence electrons. The van der Waals surface area contributed by atoms with Gasteiger partial charge in [0, 0.05) is 18.2 Å². The fourth-order valence-corrected chi connectivity index (χ4v) is 3.18. The molecule has 0 amide bonds. The molecule has 5 nitrogen and oxygen atoms in total. The Hall–Kier alpha value is -0.980. The smallest absolute Gasteiger partial charge is 0.244 e. The van der Waals surface area contributed by atoms with Crippen LogP contribution in [0.2, 0.25) is 5.02 Å². The molecule has 0 saturated heterocycles. The first-order chi connectivity index (χ1) is 8.85. The molecule has 0 aliphatic rings. The summed E-state index contributed by atoms with van der Waals surface area (Å²) in [5.74, 6) is 0.466. The summed E-state index contributed by atoms with van der Waals surface area (Å²) in [7, 11) is -0.865. The molecule has 0 unspecified atom stereocenters. The first kappa shape index (κ1) is 16.1. The highest BCUT2D eigenvalue weighted by molar-refractivity contribution is 7.89.